The van der Waals surface area contributed by atoms with Crippen molar-refractivity contribution in [3.05, 3.63) is 11.8 Å². The van der Waals surface area contributed by atoms with Gasteiger partial charge in [0.2, 0.25) is 0 Å². The highest BCUT2D eigenvalue weighted by Crippen LogP contribution is 2.15. The molecule has 0 aliphatic carbocycles. The number of carbonyl (C=O) groups excluding carboxylic acids is 1. The number of unbranched alkanes of at least 4 members (excludes halogenated alkanes) is 1. The van der Waals surface area contributed by atoms with Crippen molar-refractivity contribution in [3.63, 3.8) is 0 Å². The summed E-state index contributed by atoms with van der Waals surface area (Å²) in [7, 11) is 0.868. The van der Waals surface area contributed by atoms with Gasteiger partial charge in [-0.1, -0.05) is 12.6 Å². The molecule has 0 spiro atoms. The second kappa shape index (κ2) is 6.82. The maximum Gasteiger partial charge on any atom is 0.311 e. The third kappa shape index (κ3) is 6.89. The molecule has 14 heavy (non-hydrogen) atoms. The molecule has 0 bridgehead atoms. The molecule has 2 nitrogen and oxygen atoms in total. The molecular formula is C11H20O2Si. The lowest BCUT2D eigenvalue weighted by Gasteiger charge is -2.16. The first-order valence-corrected chi connectivity index (χ1v) is 6.55. The molecule has 0 fully saturated rings. The van der Waals surface area contributed by atoms with Gasteiger partial charge < -0.3 is 4.74 Å². The molecule has 0 atom stereocenters. The van der Waals surface area contributed by atoms with Crippen LogP contribution in [-0.4, -0.2) is 22.1 Å². The summed E-state index contributed by atoms with van der Waals surface area (Å²) in [5.41, 5.74) is 1.78. The zero-order valence-electron chi connectivity index (χ0n) is 9.59. The van der Waals surface area contributed by atoms with Crippen LogP contribution in [0.5, 0.6) is 0 Å². The van der Waals surface area contributed by atoms with Gasteiger partial charge in [0.05, 0.1) is 21.5 Å². The summed E-state index contributed by atoms with van der Waals surface area (Å²) in [5.74, 6) is -0.112. The molecule has 80 valence electrons. The van der Waals surface area contributed by atoms with Crippen LogP contribution in [0.3, 0.4) is 0 Å². The Labute approximate surface area is 89.5 Å². The average Bonchev–Trinajstić information content (AvgIpc) is 2.09. The standard InChI is InChI=1S/C11H20O2Si/c1-11(2,3)10(12)13-8-6-5-7-9-14-4/h7,9H,5-6,8H2,1-4H3/b9-7+. The Hall–Kier alpha value is -0.573. The summed E-state index contributed by atoms with van der Waals surface area (Å²) < 4.78 is 5.12. The van der Waals surface area contributed by atoms with Gasteiger partial charge in [-0.15, -0.1) is 5.70 Å². The number of ether oxygens (including phenoxy) is 1. The van der Waals surface area contributed by atoms with E-state index in [-0.39, 0.29) is 11.4 Å². The molecule has 0 unspecified atom stereocenters. The summed E-state index contributed by atoms with van der Waals surface area (Å²) in [6.07, 6.45) is 4.06. The zero-order chi connectivity index (χ0) is 11.0. The Balaban J connectivity index is 3.46. The van der Waals surface area contributed by atoms with Gasteiger partial charge in [0.15, 0.2) is 0 Å². The molecule has 0 aromatic rings. The maximum atomic E-state index is 11.3. The van der Waals surface area contributed by atoms with Crippen LogP contribution in [0, 0.1) is 5.41 Å². The predicted octanol–water partition coefficient (Wildman–Crippen LogP) is 2.62. The first-order valence-electron chi connectivity index (χ1n) is 4.98. The molecule has 0 aliphatic heterocycles. The summed E-state index contributed by atoms with van der Waals surface area (Å²) in [6.45, 7) is 8.28. The van der Waals surface area contributed by atoms with Crippen molar-refractivity contribution < 1.29 is 9.53 Å². The van der Waals surface area contributed by atoms with Crippen LogP contribution < -0.4 is 0 Å². The third-order valence-corrected chi connectivity index (χ3v) is 2.21. The van der Waals surface area contributed by atoms with Crippen LogP contribution in [-0.2, 0) is 9.53 Å². The minimum absolute atomic E-state index is 0.112. The van der Waals surface area contributed by atoms with Crippen LogP contribution in [0.1, 0.15) is 33.6 Å². The number of hydrogen-bond acceptors (Lipinski definition) is 2. The number of rotatable bonds is 5. The van der Waals surface area contributed by atoms with Crippen molar-refractivity contribution in [2.24, 2.45) is 5.41 Å². The monoisotopic (exact) mass is 212 g/mol. The average molecular weight is 212 g/mol. The van der Waals surface area contributed by atoms with E-state index < -0.39 is 0 Å². The van der Waals surface area contributed by atoms with Crippen molar-refractivity contribution in [3.8, 4) is 0 Å². The van der Waals surface area contributed by atoms with Gasteiger partial charge in [0.1, 0.15) is 0 Å². The highest BCUT2D eigenvalue weighted by Gasteiger charge is 2.22. The fourth-order valence-electron chi connectivity index (χ4n) is 0.784. The summed E-state index contributed by atoms with van der Waals surface area (Å²) in [4.78, 5) is 11.3. The second-order valence-electron chi connectivity index (χ2n) is 4.22. The fourth-order valence-corrected chi connectivity index (χ4v) is 1.19. The summed E-state index contributed by atoms with van der Waals surface area (Å²) in [5, 5.41) is 0. The van der Waals surface area contributed by atoms with Crippen molar-refractivity contribution in [2.45, 2.75) is 40.2 Å². The summed E-state index contributed by atoms with van der Waals surface area (Å²) in [6, 6.07) is 0. The van der Waals surface area contributed by atoms with Gasteiger partial charge >= 0.3 is 5.97 Å². The minimum Gasteiger partial charge on any atom is -0.465 e. The number of hydrogen-bond donors (Lipinski definition) is 0. The second-order valence-corrected chi connectivity index (χ2v) is 5.13. The maximum absolute atomic E-state index is 11.3. The van der Waals surface area contributed by atoms with E-state index in [1.807, 2.05) is 20.8 Å². The van der Waals surface area contributed by atoms with Gasteiger partial charge in [-0.05, 0) is 33.6 Å². The Bertz CT molecular complexity index is 192. The van der Waals surface area contributed by atoms with Crippen LogP contribution in [0.15, 0.2) is 11.8 Å². The molecule has 0 saturated carbocycles. The van der Waals surface area contributed by atoms with E-state index in [4.69, 9.17) is 4.74 Å². The molecule has 3 heteroatoms. The SMILES string of the molecule is C[Si]/C=C/CCCOC(=O)C(C)(C)C. The van der Waals surface area contributed by atoms with E-state index in [0.29, 0.717) is 6.61 Å². The third-order valence-electron chi connectivity index (χ3n) is 1.65. The highest BCUT2D eigenvalue weighted by molar-refractivity contribution is 6.40. The molecule has 0 rings (SSSR count). The molecule has 0 saturated heterocycles. The quantitative estimate of drug-likeness (QED) is 0.398. The van der Waals surface area contributed by atoms with E-state index in [0.717, 1.165) is 22.4 Å². The Morgan fingerprint density at radius 2 is 2.07 bits per heavy atom. The van der Waals surface area contributed by atoms with Crippen LogP contribution in [0.2, 0.25) is 6.55 Å². The van der Waals surface area contributed by atoms with E-state index in [9.17, 15) is 4.79 Å². The largest absolute Gasteiger partial charge is 0.465 e. The Morgan fingerprint density at radius 1 is 1.43 bits per heavy atom. The van der Waals surface area contributed by atoms with E-state index >= 15 is 0 Å². The number of allylic oxidation sites excluding steroid dienone is 1. The number of esters is 1. The lowest BCUT2D eigenvalue weighted by Crippen LogP contribution is -2.23. The normalized spacial score (nSPS) is 12.0. The summed E-state index contributed by atoms with van der Waals surface area (Å²) >= 11 is 0. The molecule has 0 aromatic carbocycles. The molecule has 2 radical (unpaired) electrons. The van der Waals surface area contributed by atoms with Crippen molar-refractivity contribution in [1.82, 2.24) is 0 Å². The molecular weight excluding hydrogens is 192 g/mol. The lowest BCUT2D eigenvalue weighted by molar-refractivity contribution is -0.152. The molecule has 0 aliphatic rings. The van der Waals surface area contributed by atoms with Crippen molar-refractivity contribution >= 4 is 15.5 Å². The van der Waals surface area contributed by atoms with E-state index in [2.05, 4.69) is 18.3 Å². The highest BCUT2D eigenvalue weighted by atomic mass is 28.2. The zero-order valence-corrected chi connectivity index (χ0v) is 10.6. The van der Waals surface area contributed by atoms with E-state index in [1.54, 1.807) is 0 Å². The van der Waals surface area contributed by atoms with Crippen molar-refractivity contribution in [1.29, 1.82) is 0 Å². The van der Waals surface area contributed by atoms with E-state index in [1.165, 1.54) is 0 Å². The van der Waals surface area contributed by atoms with Gasteiger partial charge in [-0.3, -0.25) is 4.79 Å². The van der Waals surface area contributed by atoms with Gasteiger partial charge in [0.25, 0.3) is 0 Å². The van der Waals surface area contributed by atoms with Crippen LogP contribution >= 0.6 is 0 Å². The molecule has 0 heterocycles. The first kappa shape index (κ1) is 13.4. The predicted molar refractivity (Wildman–Crippen MR) is 60.4 cm³/mol. The molecule has 0 N–H and O–H groups in total. The van der Waals surface area contributed by atoms with Crippen LogP contribution in [0.25, 0.3) is 0 Å². The fraction of sp³-hybridized carbons (Fsp3) is 0.727. The number of carbonyl (C=O) groups is 1. The molecule has 0 aromatic heterocycles. The van der Waals surface area contributed by atoms with Gasteiger partial charge in [0, 0.05) is 0 Å². The van der Waals surface area contributed by atoms with Crippen molar-refractivity contribution in [2.75, 3.05) is 6.61 Å². The van der Waals surface area contributed by atoms with Gasteiger partial charge in [-0.2, -0.15) is 0 Å². The molecule has 0 amide bonds. The Morgan fingerprint density at radius 3 is 2.57 bits per heavy atom. The smallest absolute Gasteiger partial charge is 0.311 e. The minimum atomic E-state index is -0.374. The topological polar surface area (TPSA) is 26.3 Å². The van der Waals surface area contributed by atoms with Gasteiger partial charge in [-0.25, -0.2) is 0 Å². The lowest BCUT2D eigenvalue weighted by atomic mass is 9.97. The Kier molecular flexibility index (Phi) is 6.54. The first-order chi connectivity index (χ1) is 6.48. The van der Waals surface area contributed by atoms with Crippen LogP contribution in [0.4, 0.5) is 0 Å².